The first kappa shape index (κ1) is 10.0. The number of hydrogen-bond acceptors (Lipinski definition) is 3. The van der Waals surface area contributed by atoms with Crippen LogP contribution in [0.2, 0.25) is 0 Å². The molecule has 0 spiro atoms. The number of carbonyl (C=O) groups is 1. The Morgan fingerprint density at radius 1 is 1.27 bits per heavy atom. The van der Waals surface area contributed by atoms with E-state index in [2.05, 4.69) is 4.74 Å². The van der Waals surface area contributed by atoms with Crippen LogP contribution in [0.4, 0.5) is 0 Å². The van der Waals surface area contributed by atoms with Gasteiger partial charge >= 0.3 is 5.97 Å². The van der Waals surface area contributed by atoms with Gasteiger partial charge in [0.2, 0.25) is 0 Å². The standard InChI is InChI=1S/C8H14O3/c1-4-10-7(3)6-8(9)11-5-2/h6H,4-5H2,1-3H3. The Kier molecular flexibility index (Phi) is 5.25. The first-order valence-corrected chi connectivity index (χ1v) is 3.68. The van der Waals surface area contributed by atoms with Crippen LogP contribution in [0.5, 0.6) is 0 Å². The Morgan fingerprint density at radius 3 is 2.27 bits per heavy atom. The monoisotopic (exact) mass is 158 g/mol. The van der Waals surface area contributed by atoms with E-state index in [4.69, 9.17) is 4.74 Å². The summed E-state index contributed by atoms with van der Waals surface area (Å²) >= 11 is 0. The van der Waals surface area contributed by atoms with Gasteiger partial charge in [-0.25, -0.2) is 4.79 Å². The van der Waals surface area contributed by atoms with E-state index in [9.17, 15) is 4.79 Å². The summed E-state index contributed by atoms with van der Waals surface area (Å²) in [4.78, 5) is 10.7. The van der Waals surface area contributed by atoms with Gasteiger partial charge in [0, 0.05) is 0 Å². The summed E-state index contributed by atoms with van der Waals surface area (Å²) in [5.41, 5.74) is 0. The Balaban J connectivity index is 3.76. The normalized spacial score (nSPS) is 11.0. The Hall–Kier alpha value is -0.990. The lowest BCUT2D eigenvalue weighted by molar-refractivity contribution is -0.137. The van der Waals surface area contributed by atoms with Crippen LogP contribution < -0.4 is 0 Å². The molecule has 0 aromatic carbocycles. The molecule has 0 atom stereocenters. The highest BCUT2D eigenvalue weighted by Crippen LogP contribution is 1.95. The summed E-state index contributed by atoms with van der Waals surface area (Å²) in [6, 6.07) is 0. The van der Waals surface area contributed by atoms with Gasteiger partial charge in [0.1, 0.15) is 5.76 Å². The van der Waals surface area contributed by atoms with E-state index in [1.54, 1.807) is 13.8 Å². The lowest BCUT2D eigenvalue weighted by atomic mass is 10.5. The topological polar surface area (TPSA) is 35.5 Å². The molecule has 3 heteroatoms. The molecule has 0 unspecified atom stereocenters. The fraction of sp³-hybridized carbons (Fsp3) is 0.625. The molecule has 0 fully saturated rings. The first-order valence-electron chi connectivity index (χ1n) is 3.68. The maximum absolute atomic E-state index is 10.7. The number of carbonyl (C=O) groups excluding carboxylic acids is 1. The Morgan fingerprint density at radius 2 is 1.82 bits per heavy atom. The predicted molar refractivity (Wildman–Crippen MR) is 42.0 cm³/mol. The van der Waals surface area contributed by atoms with E-state index in [-0.39, 0.29) is 5.97 Å². The molecule has 0 bridgehead atoms. The number of allylic oxidation sites excluding steroid dienone is 1. The molecule has 0 saturated carbocycles. The second-order valence-electron chi connectivity index (χ2n) is 1.94. The molecule has 3 nitrogen and oxygen atoms in total. The molecule has 0 aliphatic heterocycles. The Labute approximate surface area is 67.0 Å². The van der Waals surface area contributed by atoms with Gasteiger partial charge in [-0.2, -0.15) is 0 Å². The maximum Gasteiger partial charge on any atom is 0.334 e. The molecular formula is C8H14O3. The van der Waals surface area contributed by atoms with Gasteiger partial charge in [-0.3, -0.25) is 0 Å². The van der Waals surface area contributed by atoms with E-state index in [1.165, 1.54) is 6.08 Å². The molecular weight excluding hydrogens is 144 g/mol. The third-order valence-electron chi connectivity index (χ3n) is 0.980. The van der Waals surface area contributed by atoms with Crippen LogP contribution in [0.15, 0.2) is 11.8 Å². The highest BCUT2D eigenvalue weighted by Gasteiger charge is 1.96. The second-order valence-corrected chi connectivity index (χ2v) is 1.94. The summed E-state index contributed by atoms with van der Waals surface area (Å²) in [5.74, 6) is 0.240. The van der Waals surface area contributed by atoms with E-state index in [0.717, 1.165) is 0 Å². The van der Waals surface area contributed by atoms with Gasteiger partial charge in [-0.1, -0.05) is 0 Å². The van der Waals surface area contributed by atoms with Crippen molar-refractivity contribution >= 4 is 5.97 Å². The zero-order chi connectivity index (χ0) is 8.69. The van der Waals surface area contributed by atoms with E-state index < -0.39 is 0 Å². The average molecular weight is 158 g/mol. The maximum atomic E-state index is 10.7. The molecule has 0 amide bonds. The van der Waals surface area contributed by atoms with Gasteiger partial charge in [-0.05, 0) is 20.8 Å². The molecule has 0 aromatic heterocycles. The number of hydrogen-bond donors (Lipinski definition) is 0. The summed E-state index contributed by atoms with van der Waals surface area (Å²) in [7, 11) is 0. The van der Waals surface area contributed by atoms with Crippen molar-refractivity contribution < 1.29 is 14.3 Å². The van der Waals surface area contributed by atoms with E-state index >= 15 is 0 Å². The highest BCUT2D eigenvalue weighted by atomic mass is 16.5. The van der Waals surface area contributed by atoms with E-state index in [0.29, 0.717) is 19.0 Å². The van der Waals surface area contributed by atoms with Crippen LogP contribution in [-0.4, -0.2) is 19.2 Å². The van der Waals surface area contributed by atoms with Gasteiger partial charge in [0.25, 0.3) is 0 Å². The minimum absolute atomic E-state index is 0.349. The van der Waals surface area contributed by atoms with Crippen LogP contribution in [0, 0.1) is 0 Å². The van der Waals surface area contributed by atoms with Crippen LogP contribution in [-0.2, 0) is 14.3 Å². The third-order valence-corrected chi connectivity index (χ3v) is 0.980. The zero-order valence-electron chi connectivity index (χ0n) is 7.22. The molecule has 0 radical (unpaired) electrons. The first-order chi connectivity index (χ1) is 5.20. The van der Waals surface area contributed by atoms with Gasteiger partial charge in [0.15, 0.2) is 0 Å². The summed E-state index contributed by atoms with van der Waals surface area (Å²) in [6.45, 7) is 6.32. The number of esters is 1. The quantitative estimate of drug-likeness (QED) is 0.353. The van der Waals surface area contributed by atoms with Crippen LogP contribution >= 0.6 is 0 Å². The van der Waals surface area contributed by atoms with Gasteiger partial charge in [-0.15, -0.1) is 0 Å². The molecule has 0 aromatic rings. The van der Waals surface area contributed by atoms with Gasteiger partial charge in [0.05, 0.1) is 19.3 Å². The molecule has 0 saturated heterocycles. The highest BCUT2D eigenvalue weighted by molar-refractivity contribution is 5.82. The Bertz CT molecular complexity index is 149. The largest absolute Gasteiger partial charge is 0.498 e. The minimum Gasteiger partial charge on any atom is -0.498 e. The molecule has 0 heterocycles. The molecule has 0 N–H and O–H groups in total. The lowest BCUT2D eigenvalue weighted by Crippen LogP contribution is -2.01. The third kappa shape index (κ3) is 5.45. The molecule has 64 valence electrons. The van der Waals surface area contributed by atoms with Crippen molar-refractivity contribution in [2.75, 3.05) is 13.2 Å². The smallest absolute Gasteiger partial charge is 0.334 e. The predicted octanol–water partition coefficient (Wildman–Crippen LogP) is 1.49. The molecule has 0 aliphatic rings. The molecule has 0 aliphatic carbocycles. The van der Waals surface area contributed by atoms with Crippen molar-refractivity contribution in [3.05, 3.63) is 11.8 Å². The van der Waals surface area contributed by atoms with Crippen molar-refractivity contribution in [3.8, 4) is 0 Å². The molecule has 11 heavy (non-hydrogen) atoms. The zero-order valence-corrected chi connectivity index (χ0v) is 7.22. The van der Waals surface area contributed by atoms with Crippen molar-refractivity contribution in [2.45, 2.75) is 20.8 Å². The summed E-state index contributed by atoms with van der Waals surface area (Å²) in [6.07, 6.45) is 1.34. The fourth-order valence-corrected chi connectivity index (χ4v) is 0.619. The summed E-state index contributed by atoms with van der Waals surface area (Å²) in [5, 5.41) is 0. The van der Waals surface area contributed by atoms with Crippen LogP contribution in [0.3, 0.4) is 0 Å². The number of rotatable bonds is 4. The van der Waals surface area contributed by atoms with Crippen molar-refractivity contribution in [3.63, 3.8) is 0 Å². The average Bonchev–Trinajstić information content (AvgIpc) is 1.87. The van der Waals surface area contributed by atoms with Crippen molar-refractivity contribution in [2.24, 2.45) is 0 Å². The van der Waals surface area contributed by atoms with Crippen LogP contribution in [0.25, 0.3) is 0 Å². The fourth-order valence-electron chi connectivity index (χ4n) is 0.619. The number of ether oxygens (including phenoxy) is 2. The van der Waals surface area contributed by atoms with Crippen molar-refractivity contribution in [1.82, 2.24) is 0 Å². The van der Waals surface area contributed by atoms with Crippen LogP contribution in [0.1, 0.15) is 20.8 Å². The van der Waals surface area contributed by atoms with Gasteiger partial charge < -0.3 is 9.47 Å². The minimum atomic E-state index is -0.349. The summed E-state index contributed by atoms with van der Waals surface area (Å²) < 4.78 is 9.68. The SMILES string of the molecule is CCOC(=O)C=C(C)OCC. The van der Waals surface area contributed by atoms with Crippen molar-refractivity contribution in [1.29, 1.82) is 0 Å². The second kappa shape index (κ2) is 5.77. The van der Waals surface area contributed by atoms with E-state index in [1.807, 2.05) is 6.92 Å². The lowest BCUT2D eigenvalue weighted by Gasteiger charge is -2.01. The molecule has 0 rings (SSSR count).